The van der Waals surface area contributed by atoms with Gasteiger partial charge >= 0.3 is 0 Å². The third kappa shape index (κ3) is 4.77. The number of fused-ring (bicyclic) bond motifs is 1. The molecule has 2 aromatic carbocycles. The van der Waals surface area contributed by atoms with Crippen LogP contribution in [-0.4, -0.2) is 33.7 Å². The lowest BCUT2D eigenvalue weighted by Crippen LogP contribution is -2.25. The molecule has 4 rings (SSSR count). The minimum Gasteiger partial charge on any atom is -0.482 e. The summed E-state index contributed by atoms with van der Waals surface area (Å²) in [5, 5.41) is 14.3. The summed E-state index contributed by atoms with van der Waals surface area (Å²) in [4.78, 5) is 24.3. The Morgan fingerprint density at radius 1 is 1.30 bits per heavy atom. The second-order valence-electron chi connectivity index (χ2n) is 6.53. The van der Waals surface area contributed by atoms with Crippen molar-refractivity contribution in [3.63, 3.8) is 0 Å². The van der Waals surface area contributed by atoms with Crippen LogP contribution in [-0.2, 0) is 11.3 Å². The predicted molar refractivity (Wildman–Crippen MR) is 114 cm³/mol. The number of ether oxygens (including phenoxy) is 1. The van der Waals surface area contributed by atoms with E-state index < -0.39 is 0 Å². The third-order valence-corrected chi connectivity index (χ3v) is 6.37. The summed E-state index contributed by atoms with van der Waals surface area (Å²) in [6.07, 6.45) is 0. The van der Waals surface area contributed by atoms with Crippen molar-refractivity contribution in [1.29, 1.82) is 0 Å². The van der Waals surface area contributed by atoms with Crippen molar-refractivity contribution in [3.05, 3.63) is 59.4 Å². The number of ketones is 1. The van der Waals surface area contributed by atoms with Crippen molar-refractivity contribution in [2.24, 2.45) is 0 Å². The highest BCUT2D eigenvalue weighted by molar-refractivity contribution is 8.02. The molecule has 1 aliphatic rings. The molecular weight excluding hydrogens is 427 g/mol. The summed E-state index contributed by atoms with van der Waals surface area (Å²) in [6, 6.07) is 11.2. The SMILES string of the molecule is CC(Sc1nnc(NCc2ccc(F)cc2)s1)C(=O)c1ccc2c(c1)NC(=O)CO2. The zero-order valence-electron chi connectivity index (χ0n) is 15.8. The predicted octanol–water partition coefficient (Wildman–Crippen LogP) is 3.98. The summed E-state index contributed by atoms with van der Waals surface area (Å²) in [5.74, 6) is -0.0593. The van der Waals surface area contributed by atoms with Crippen LogP contribution >= 0.6 is 23.1 Å². The molecule has 30 heavy (non-hydrogen) atoms. The molecule has 1 unspecified atom stereocenters. The molecule has 0 radical (unpaired) electrons. The molecule has 0 spiro atoms. The van der Waals surface area contributed by atoms with Gasteiger partial charge in [-0.2, -0.15) is 0 Å². The molecule has 7 nitrogen and oxygen atoms in total. The highest BCUT2D eigenvalue weighted by Gasteiger charge is 2.22. The Morgan fingerprint density at radius 3 is 2.90 bits per heavy atom. The Balaban J connectivity index is 1.36. The molecule has 1 aromatic heterocycles. The normalized spacial score (nSPS) is 13.7. The zero-order valence-corrected chi connectivity index (χ0v) is 17.5. The van der Waals surface area contributed by atoms with E-state index in [9.17, 15) is 14.0 Å². The topological polar surface area (TPSA) is 93.2 Å². The maximum absolute atomic E-state index is 13.0. The van der Waals surface area contributed by atoms with Gasteiger partial charge in [-0.3, -0.25) is 9.59 Å². The van der Waals surface area contributed by atoms with Gasteiger partial charge in [-0.1, -0.05) is 35.2 Å². The first-order chi connectivity index (χ1) is 14.5. The fourth-order valence-electron chi connectivity index (χ4n) is 2.78. The van der Waals surface area contributed by atoms with Crippen molar-refractivity contribution in [2.75, 3.05) is 17.2 Å². The van der Waals surface area contributed by atoms with Gasteiger partial charge < -0.3 is 15.4 Å². The van der Waals surface area contributed by atoms with Gasteiger partial charge in [0.2, 0.25) is 5.13 Å². The molecule has 1 aliphatic heterocycles. The Hall–Kier alpha value is -2.98. The number of nitrogens with one attached hydrogen (secondary N) is 2. The second-order valence-corrected chi connectivity index (χ2v) is 9.09. The largest absolute Gasteiger partial charge is 0.482 e. The minimum absolute atomic E-state index is 0.0267. The number of carbonyl (C=O) groups is 2. The van der Waals surface area contributed by atoms with Crippen LogP contribution in [0.25, 0.3) is 0 Å². The average Bonchev–Trinajstić information content (AvgIpc) is 3.19. The Labute approximate surface area is 180 Å². The molecule has 1 atom stereocenters. The van der Waals surface area contributed by atoms with Crippen molar-refractivity contribution in [1.82, 2.24) is 10.2 Å². The fraction of sp³-hybridized carbons (Fsp3) is 0.200. The number of thioether (sulfide) groups is 1. The van der Waals surface area contributed by atoms with E-state index in [0.717, 1.165) is 5.56 Å². The van der Waals surface area contributed by atoms with E-state index in [0.29, 0.717) is 33.0 Å². The molecular formula is C20H17FN4O3S2. The molecule has 3 aromatic rings. The summed E-state index contributed by atoms with van der Waals surface area (Å²) in [6.45, 7) is 2.27. The second kappa shape index (κ2) is 8.80. The van der Waals surface area contributed by atoms with Crippen LogP contribution in [0.15, 0.2) is 46.8 Å². The van der Waals surface area contributed by atoms with E-state index in [-0.39, 0.29) is 29.4 Å². The van der Waals surface area contributed by atoms with E-state index in [4.69, 9.17) is 4.74 Å². The first-order valence-corrected chi connectivity index (χ1v) is 10.8. The molecule has 1 amide bonds. The van der Waals surface area contributed by atoms with E-state index in [1.54, 1.807) is 37.3 Å². The number of hydrogen-bond donors (Lipinski definition) is 2. The van der Waals surface area contributed by atoms with Crippen LogP contribution in [0.5, 0.6) is 5.75 Å². The van der Waals surface area contributed by atoms with Gasteiger partial charge in [-0.05, 0) is 42.8 Å². The minimum atomic E-state index is -0.388. The van der Waals surface area contributed by atoms with E-state index in [1.165, 1.54) is 35.2 Å². The summed E-state index contributed by atoms with van der Waals surface area (Å²) >= 11 is 2.66. The van der Waals surface area contributed by atoms with Gasteiger partial charge in [-0.25, -0.2) is 4.39 Å². The van der Waals surface area contributed by atoms with Crippen molar-refractivity contribution in [3.8, 4) is 5.75 Å². The van der Waals surface area contributed by atoms with Crippen LogP contribution in [0, 0.1) is 5.82 Å². The van der Waals surface area contributed by atoms with Crippen molar-refractivity contribution >= 4 is 45.6 Å². The number of halogens is 1. The van der Waals surface area contributed by atoms with Crippen LogP contribution in [0.4, 0.5) is 15.2 Å². The monoisotopic (exact) mass is 444 g/mol. The van der Waals surface area contributed by atoms with Crippen molar-refractivity contribution < 1.29 is 18.7 Å². The molecule has 0 aliphatic carbocycles. The van der Waals surface area contributed by atoms with Crippen LogP contribution in [0.3, 0.4) is 0 Å². The lowest BCUT2D eigenvalue weighted by atomic mass is 10.1. The molecule has 2 heterocycles. The number of aromatic nitrogens is 2. The summed E-state index contributed by atoms with van der Waals surface area (Å²) < 4.78 is 18.9. The molecule has 2 N–H and O–H groups in total. The smallest absolute Gasteiger partial charge is 0.262 e. The Bertz CT molecular complexity index is 1090. The van der Waals surface area contributed by atoms with Crippen LogP contribution in [0.1, 0.15) is 22.8 Å². The number of Topliss-reactive ketones (excluding diaryl/α,β-unsaturated/α-hetero) is 1. The quantitative estimate of drug-likeness (QED) is 0.420. The average molecular weight is 445 g/mol. The third-order valence-electron chi connectivity index (χ3n) is 4.31. The number of benzene rings is 2. The molecule has 0 bridgehead atoms. The molecule has 0 fully saturated rings. The van der Waals surface area contributed by atoms with Gasteiger partial charge in [0.15, 0.2) is 16.7 Å². The number of nitrogens with zero attached hydrogens (tertiary/aromatic N) is 2. The maximum Gasteiger partial charge on any atom is 0.262 e. The first-order valence-electron chi connectivity index (χ1n) is 9.07. The van der Waals surface area contributed by atoms with Gasteiger partial charge in [0, 0.05) is 12.1 Å². The zero-order chi connectivity index (χ0) is 21.1. The van der Waals surface area contributed by atoms with Crippen LogP contribution in [0.2, 0.25) is 0 Å². The lowest BCUT2D eigenvalue weighted by molar-refractivity contribution is -0.118. The summed E-state index contributed by atoms with van der Waals surface area (Å²) in [7, 11) is 0. The van der Waals surface area contributed by atoms with E-state index in [2.05, 4.69) is 20.8 Å². The van der Waals surface area contributed by atoms with E-state index >= 15 is 0 Å². The number of carbonyl (C=O) groups excluding carboxylic acids is 2. The fourth-order valence-corrected chi connectivity index (χ4v) is 4.75. The van der Waals surface area contributed by atoms with Crippen LogP contribution < -0.4 is 15.4 Å². The number of amides is 1. The van der Waals surface area contributed by atoms with Gasteiger partial charge in [0.05, 0.1) is 10.9 Å². The maximum atomic E-state index is 13.0. The Kier molecular flexibility index (Phi) is 5.96. The number of hydrogen-bond acceptors (Lipinski definition) is 8. The molecule has 154 valence electrons. The summed E-state index contributed by atoms with van der Waals surface area (Å²) in [5.41, 5.74) is 1.91. The highest BCUT2D eigenvalue weighted by atomic mass is 32.2. The number of anilines is 2. The van der Waals surface area contributed by atoms with E-state index in [1.807, 2.05) is 0 Å². The Morgan fingerprint density at radius 2 is 2.10 bits per heavy atom. The molecule has 0 saturated carbocycles. The first kappa shape index (κ1) is 20.3. The molecule has 10 heteroatoms. The standard InChI is InChI=1S/C20H17FN4O3S2/c1-11(18(27)13-4-7-16-15(8-13)23-17(26)10-28-16)29-20-25-24-19(30-20)22-9-12-2-5-14(21)6-3-12/h2-8,11H,9-10H2,1H3,(H,22,24)(H,23,26). The van der Waals surface area contributed by atoms with Gasteiger partial charge in [0.1, 0.15) is 11.6 Å². The lowest BCUT2D eigenvalue weighted by Gasteiger charge is -2.18. The van der Waals surface area contributed by atoms with Crippen molar-refractivity contribution in [2.45, 2.75) is 23.1 Å². The highest BCUT2D eigenvalue weighted by Crippen LogP contribution is 2.33. The molecule has 0 saturated heterocycles. The van der Waals surface area contributed by atoms with Gasteiger partial charge in [-0.15, -0.1) is 10.2 Å². The number of rotatable bonds is 7. The van der Waals surface area contributed by atoms with Gasteiger partial charge in [0.25, 0.3) is 5.91 Å².